The van der Waals surface area contributed by atoms with Crippen molar-refractivity contribution in [3.05, 3.63) is 24.3 Å². The molecular weight excluding hydrogens is 416 g/mol. The summed E-state index contributed by atoms with van der Waals surface area (Å²) in [6, 6.07) is 7.11. The number of ether oxygens (including phenoxy) is 2. The molecule has 1 N–H and O–H groups in total. The lowest BCUT2D eigenvalue weighted by Crippen LogP contribution is -2.50. The van der Waals surface area contributed by atoms with Crippen molar-refractivity contribution in [1.29, 1.82) is 0 Å². The van der Waals surface area contributed by atoms with E-state index in [1.807, 2.05) is 24.3 Å². The van der Waals surface area contributed by atoms with Gasteiger partial charge in [-0.15, -0.1) is 0 Å². The number of urea groups is 1. The fourth-order valence-electron chi connectivity index (χ4n) is 3.96. The Bertz CT molecular complexity index is 860. The quantitative estimate of drug-likeness (QED) is 0.469. The predicted octanol–water partition coefficient (Wildman–Crippen LogP) is 0.998. The van der Waals surface area contributed by atoms with Crippen molar-refractivity contribution in [2.75, 3.05) is 51.3 Å². The SMILES string of the molecule is CCC1(CC)NC(=O)N(CC(=O)OCC(=O)N2CCN(c3ccc(OC)cc3)CC2)C1=O. The lowest BCUT2D eigenvalue weighted by Gasteiger charge is -2.36. The Morgan fingerprint density at radius 1 is 1.03 bits per heavy atom. The van der Waals surface area contributed by atoms with Gasteiger partial charge in [0.2, 0.25) is 0 Å². The minimum absolute atomic E-state index is 0.304. The topological polar surface area (TPSA) is 108 Å². The minimum Gasteiger partial charge on any atom is -0.497 e. The summed E-state index contributed by atoms with van der Waals surface area (Å²) in [7, 11) is 1.62. The fraction of sp³-hybridized carbons (Fsp3) is 0.545. The normalized spacial score (nSPS) is 17.9. The van der Waals surface area contributed by atoms with Crippen LogP contribution in [0.15, 0.2) is 24.3 Å². The summed E-state index contributed by atoms with van der Waals surface area (Å²) in [6.45, 7) is 5.00. The zero-order valence-electron chi connectivity index (χ0n) is 18.8. The number of methoxy groups -OCH3 is 1. The molecule has 0 spiro atoms. The van der Waals surface area contributed by atoms with Crippen molar-refractivity contribution in [2.24, 2.45) is 0 Å². The Hall–Kier alpha value is -3.30. The molecule has 3 rings (SSSR count). The number of esters is 1. The molecule has 10 heteroatoms. The highest BCUT2D eigenvalue weighted by Gasteiger charge is 2.49. The van der Waals surface area contributed by atoms with Crippen molar-refractivity contribution in [2.45, 2.75) is 32.2 Å². The van der Waals surface area contributed by atoms with E-state index in [1.165, 1.54) is 0 Å². The lowest BCUT2D eigenvalue weighted by atomic mass is 9.93. The van der Waals surface area contributed by atoms with E-state index in [0.29, 0.717) is 39.0 Å². The molecular formula is C22H30N4O6. The van der Waals surface area contributed by atoms with Crippen LogP contribution in [0.5, 0.6) is 5.75 Å². The van der Waals surface area contributed by atoms with Gasteiger partial charge in [-0.2, -0.15) is 0 Å². The third-order valence-electron chi connectivity index (χ3n) is 6.17. The van der Waals surface area contributed by atoms with E-state index in [-0.39, 0.29) is 5.91 Å². The highest BCUT2D eigenvalue weighted by atomic mass is 16.5. The number of carbonyl (C=O) groups excluding carboxylic acids is 4. The van der Waals surface area contributed by atoms with Crippen molar-refractivity contribution in [3.63, 3.8) is 0 Å². The van der Waals surface area contributed by atoms with E-state index >= 15 is 0 Å². The molecule has 10 nitrogen and oxygen atoms in total. The van der Waals surface area contributed by atoms with Gasteiger partial charge in [0, 0.05) is 31.9 Å². The molecule has 0 aliphatic carbocycles. The number of carbonyl (C=O) groups is 4. The maximum absolute atomic E-state index is 12.6. The molecule has 32 heavy (non-hydrogen) atoms. The van der Waals surface area contributed by atoms with Crippen molar-refractivity contribution in [1.82, 2.24) is 15.1 Å². The summed E-state index contributed by atoms with van der Waals surface area (Å²) in [5, 5.41) is 2.66. The molecule has 2 saturated heterocycles. The molecule has 1 aromatic carbocycles. The first-order valence-electron chi connectivity index (χ1n) is 10.8. The van der Waals surface area contributed by atoms with Gasteiger partial charge in [0.15, 0.2) is 6.61 Å². The van der Waals surface area contributed by atoms with Gasteiger partial charge < -0.3 is 24.6 Å². The zero-order chi connectivity index (χ0) is 23.3. The van der Waals surface area contributed by atoms with Gasteiger partial charge in [0.25, 0.3) is 11.8 Å². The van der Waals surface area contributed by atoms with Crippen LogP contribution in [0.1, 0.15) is 26.7 Å². The minimum atomic E-state index is -0.975. The maximum atomic E-state index is 12.6. The summed E-state index contributed by atoms with van der Waals surface area (Å²) >= 11 is 0. The smallest absolute Gasteiger partial charge is 0.326 e. The van der Waals surface area contributed by atoms with E-state index in [0.717, 1.165) is 16.3 Å². The summed E-state index contributed by atoms with van der Waals surface area (Å²) in [5.41, 5.74) is 0.0737. The second kappa shape index (κ2) is 9.88. The molecule has 0 bridgehead atoms. The van der Waals surface area contributed by atoms with E-state index in [1.54, 1.807) is 25.9 Å². The zero-order valence-corrected chi connectivity index (χ0v) is 18.8. The Balaban J connectivity index is 1.44. The van der Waals surface area contributed by atoms with E-state index in [4.69, 9.17) is 9.47 Å². The van der Waals surface area contributed by atoms with E-state index in [9.17, 15) is 19.2 Å². The summed E-state index contributed by atoms with van der Waals surface area (Å²) < 4.78 is 10.2. The molecule has 2 fully saturated rings. The van der Waals surface area contributed by atoms with E-state index < -0.39 is 36.6 Å². The molecule has 0 aromatic heterocycles. The molecule has 0 unspecified atom stereocenters. The van der Waals surface area contributed by atoms with Crippen LogP contribution >= 0.6 is 0 Å². The van der Waals surface area contributed by atoms with Crippen molar-refractivity contribution in [3.8, 4) is 5.75 Å². The number of piperazine rings is 1. The summed E-state index contributed by atoms with van der Waals surface area (Å²) in [6.07, 6.45) is 0.862. The predicted molar refractivity (Wildman–Crippen MR) is 116 cm³/mol. The molecule has 174 valence electrons. The van der Waals surface area contributed by atoms with Crippen LogP contribution in [0, 0.1) is 0 Å². The number of hydrogen-bond acceptors (Lipinski definition) is 7. The first-order chi connectivity index (χ1) is 15.3. The second-order valence-corrected chi connectivity index (χ2v) is 7.84. The number of benzene rings is 1. The van der Waals surface area contributed by atoms with Gasteiger partial charge in [-0.3, -0.25) is 19.3 Å². The standard InChI is InChI=1S/C22H30N4O6/c1-4-22(5-2)20(29)26(21(30)23-22)14-19(28)32-15-18(27)25-12-10-24(11-13-25)16-6-8-17(31-3)9-7-16/h6-9H,4-5,10-15H2,1-3H3,(H,23,30). The van der Waals surface area contributed by atoms with Crippen LogP contribution in [0.2, 0.25) is 0 Å². The van der Waals surface area contributed by atoms with Crippen LogP contribution < -0.4 is 15.0 Å². The highest BCUT2D eigenvalue weighted by molar-refractivity contribution is 6.08. The van der Waals surface area contributed by atoms with Gasteiger partial charge in [0.1, 0.15) is 17.8 Å². The number of nitrogens with zero attached hydrogens (tertiary/aromatic N) is 3. The fourth-order valence-corrected chi connectivity index (χ4v) is 3.96. The molecule has 0 radical (unpaired) electrons. The Labute approximate surface area is 187 Å². The Morgan fingerprint density at radius 3 is 2.19 bits per heavy atom. The largest absolute Gasteiger partial charge is 0.497 e. The Kier molecular flexibility index (Phi) is 7.22. The van der Waals surface area contributed by atoms with Crippen molar-refractivity contribution < 1.29 is 28.7 Å². The second-order valence-electron chi connectivity index (χ2n) is 7.84. The monoisotopic (exact) mass is 446 g/mol. The molecule has 2 aliphatic heterocycles. The van der Waals surface area contributed by atoms with E-state index in [2.05, 4.69) is 10.2 Å². The average molecular weight is 447 g/mol. The van der Waals surface area contributed by atoms with Gasteiger partial charge >= 0.3 is 12.0 Å². The summed E-state index contributed by atoms with van der Waals surface area (Å²) in [4.78, 5) is 53.9. The van der Waals surface area contributed by atoms with Crippen molar-refractivity contribution >= 4 is 29.5 Å². The number of anilines is 1. The molecule has 4 amide bonds. The van der Waals surface area contributed by atoms with Gasteiger partial charge in [0.05, 0.1) is 7.11 Å². The first kappa shape index (κ1) is 23.4. The van der Waals surface area contributed by atoms with Crippen LogP contribution in [-0.2, 0) is 19.1 Å². The number of amides is 4. The number of hydrogen-bond donors (Lipinski definition) is 1. The molecule has 2 aliphatic rings. The van der Waals surface area contributed by atoms with Crippen LogP contribution in [-0.4, -0.2) is 85.6 Å². The Morgan fingerprint density at radius 2 is 1.66 bits per heavy atom. The number of imide groups is 1. The van der Waals surface area contributed by atoms with Gasteiger partial charge in [-0.1, -0.05) is 13.8 Å². The van der Waals surface area contributed by atoms with Crippen LogP contribution in [0.25, 0.3) is 0 Å². The molecule has 1 aromatic rings. The third kappa shape index (κ3) is 4.79. The molecule has 2 heterocycles. The highest BCUT2D eigenvalue weighted by Crippen LogP contribution is 2.25. The van der Waals surface area contributed by atoms with Crippen LogP contribution in [0.3, 0.4) is 0 Å². The first-order valence-corrected chi connectivity index (χ1v) is 10.8. The maximum Gasteiger partial charge on any atom is 0.326 e. The number of nitrogens with one attached hydrogen (secondary N) is 1. The van der Waals surface area contributed by atoms with Crippen LogP contribution in [0.4, 0.5) is 10.5 Å². The van der Waals surface area contributed by atoms with Gasteiger partial charge in [-0.05, 0) is 37.1 Å². The lowest BCUT2D eigenvalue weighted by molar-refractivity contribution is -0.154. The number of rotatable bonds is 8. The molecule has 0 atom stereocenters. The third-order valence-corrected chi connectivity index (χ3v) is 6.17. The summed E-state index contributed by atoms with van der Waals surface area (Å²) in [5.74, 6) is -0.749. The average Bonchev–Trinajstić information content (AvgIpc) is 3.07. The van der Waals surface area contributed by atoms with Gasteiger partial charge in [-0.25, -0.2) is 4.79 Å². The molecule has 0 saturated carbocycles.